The maximum absolute atomic E-state index is 10.9. The molecule has 3 aromatic carbocycles. The summed E-state index contributed by atoms with van der Waals surface area (Å²) < 4.78 is 5.49. The maximum atomic E-state index is 10.9. The Morgan fingerprint density at radius 2 is 1.76 bits per heavy atom. The summed E-state index contributed by atoms with van der Waals surface area (Å²) >= 11 is 0. The first-order valence-corrected chi connectivity index (χ1v) is 10.0. The van der Waals surface area contributed by atoms with E-state index in [1.54, 1.807) is 7.11 Å². The number of hydrogen-bond acceptors (Lipinski definition) is 3. The van der Waals surface area contributed by atoms with E-state index in [0.29, 0.717) is 12.3 Å². The molecule has 0 amide bonds. The molecule has 1 unspecified atom stereocenters. The smallest absolute Gasteiger partial charge is 0.162 e. The first kappa shape index (κ1) is 19.3. The molecule has 0 fully saturated rings. The van der Waals surface area contributed by atoms with Crippen LogP contribution in [-0.4, -0.2) is 30.7 Å². The molecule has 0 radical (unpaired) electrons. The molecule has 0 saturated heterocycles. The van der Waals surface area contributed by atoms with Crippen LogP contribution >= 0.6 is 0 Å². The molecule has 1 N–H and O–H groups in total. The number of ether oxygens (including phenoxy) is 1. The molecule has 0 bridgehead atoms. The molecule has 148 valence electrons. The van der Waals surface area contributed by atoms with Crippen molar-refractivity contribution in [3.05, 3.63) is 101 Å². The van der Waals surface area contributed by atoms with Crippen LogP contribution < -0.4 is 4.74 Å². The second-order valence-corrected chi connectivity index (χ2v) is 7.66. The van der Waals surface area contributed by atoms with E-state index in [1.165, 1.54) is 16.7 Å². The molecule has 3 nitrogen and oxygen atoms in total. The van der Waals surface area contributed by atoms with Crippen LogP contribution in [0.4, 0.5) is 0 Å². The van der Waals surface area contributed by atoms with Crippen molar-refractivity contribution >= 4 is 6.08 Å². The number of rotatable bonds is 5. The monoisotopic (exact) mass is 385 g/mol. The Bertz CT molecular complexity index is 996. The molecular formula is C26H27NO2. The molecule has 3 aromatic rings. The molecule has 29 heavy (non-hydrogen) atoms. The van der Waals surface area contributed by atoms with Gasteiger partial charge in [0, 0.05) is 24.6 Å². The van der Waals surface area contributed by atoms with Crippen LogP contribution in [0.25, 0.3) is 6.08 Å². The quantitative estimate of drug-likeness (QED) is 0.652. The largest absolute Gasteiger partial charge is 0.504 e. The molecule has 0 aromatic heterocycles. The van der Waals surface area contributed by atoms with Crippen LogP contribution in [0.15, 0.2) is 72.8 Å². The molecule has 1 atom stereocenters. The van der Waals surface area contributed by atoms with E-state index >= 15 is 0 Å². The lowest BCUT2D eigenvalue weighted by molar-refractivity contribution is 0.283. The molecule has 1 heterocycles. The highest BCUT2D eigenvalue weighted by Crippen LogP contribution is 2.44. The first-order chi connectivity index (χ1) is 14.2. The Morgan fingerprint density at radius 1 is 1.07 bits per heavy atom. The zero-order chi connectivity index (χ0) is 20.2. The minimum absolute atomic E-state index is 0.207. The number of phenolic OH excluding ortho intramolecular Hbond substituents is 1. The number of fused-ring (bicyclic) bond motifs is 1. The molecule has 1 aliphatic rings. The lowest BCUT2D eigenvalue weighted by Gasteiger charge is -2.34. The predicted octanol–water partition coefficient (Wildman–Crippen LogP) is 5.23. The van der Waals surface area contributed by atoms with Crippen molar-refractivity contribution in [1.29, 1.82) is 0 Å². The minimum Gasteiger partial charge on any atom is -0.504 e. The van der Waals surface area contributed by atoms with Crippen molar-refractivity contribution < 1.29 is 9.84 Å². The van der Waals surface area contributed by atoms with Gasteiger partial charge in [-0.05, 0) is 41.8 Å². The van der Waals surface area contributed by atoms with Crippen molar-refractivity contribution in [2.45, 2.75) is 18.9 Å². The summed E-state index contributed by atoms with van der Waals surface area (Å²) in [5.41, 5.74) is 5.83. The molecule has 0 saturated carbocycles. The van der Waals surface area contributed by atoms with E-state index in [0.717, 1.165) is 24.1 Å². The van der Waals surface area contributed by atoms with Crippen molar-refractivity contribution in [2.24, 2.45) is 0 Å². The Kier molecular flexibility index (Phi) is 5.68. The first-order valence-electron chi connectivity index (χ1n) is 10.0. The van der Waals surface area contributed by atoms with Gasteiger partial charge in [0.1, 0.15) is 0 Å². The van der Waals surface area contributed by atoms with Crippen molar-refractivity contribution in [3.63, 3.8) is 0 Å². The van der Waals surface area contributed by atoms with Crippen molar-refractivity contribution in [2.75, 3.05) is 20.7 Å². The van der Waals surface area contributed by atoms with Gasteiger partial charge in [-0.25, -0.2) is 0 Å². The van der Waals surface area contributed by atoms with Gasteiger partial charge in [-0.2, -0.15) is 0 Å². The normalized spacial score (nSPS) is 16.7. The number of likely N-dealkylation sites (N-methyl/N-ethyl adjacent to an activating group) is 1. The summed E-state index contributed by atoms with van der Waals surface area (Å²) in [7, 11) is 3.71. The van der Waals surface area contributed by atoms with Gasteiger partial charge in [0.2, 0.25) is 0 Å². The van der Waals surface area contributed by atoms with Crippen molar-refractivity contribution in [1.82, 2.24) is 4.90 Å². The SMILES string of the molecule is COc1cc(/C=C/Cc2ccccc2)c2c(c1O)CN(C)CC2c1ccccc1. The Labute approximate surface area is 172 Å². The van der Waals surface area contributed by atoms with Gasteiger partial charge in [0.05, 0.1) is 7.11 Å². The lowest BCUT2D eigenvalue weighted by Crippen LogP contribution is -2.31. The van der Waals surface area contributed by atoms with Crippen LogP contribution in [0.3, 0.4) is 0 Å². The zero-order valence-electron chi connectivity index (χ0n) is 17.0. The van der Waals surface area contributed by atoms with Gasteiger partial charge in [-0.1, -0.05) is 72.8 Å². The Hall–Kier alpha value is -3.04. The third-order valence-corrected chi connectivity index (χ3v) is 5.63. The fourth-order valence-electron chi connectivity index (χ4n) is 4.23. The summed E-state index contributed by atoms with van der Waals surface area (Å²) in [5.74, 6) is 0.999. The third kappa shape index (κ3) is 4.06. The highest BCUT2D eigenvalue weighted by atomic mass is 16.5. The van der Waals surface area contributed by atoms with Gasteiger partial charge in [0.25, 0.3) is 0 Å². The second-order valence-electron chi connectivity index (χ2n) is 7.66. The number of hydrogen-bond donors (Lipinski definition) is 1. The Balaban J connectivity index is 1.79. The summed E-state index contributed by atoms with van der Waals surface area (Å²) in [4.78, 5) is 2.26. The zero-order valence-corrected chi connectivity index (χ0v) is 17.0. The van der Waals surface area contributed by atoms with Gasteiger partial charge in [-0.15, -0.1) is 0 Å². The second kappa shape index (κ2) is 8.54. The summed E-state index contributed by atoms with van der Waals surface area (Å²) in [6.45, 7) is 1.63. The van der Waals surface area contributed by atoms with E-state index in [1.807, 2.05) is 18.2 Å². The number of aromatic hydroxyl groups is 1. The van der Waals surface area contributed by atoms with Crippen LogP contribution in [-0.2, 0) is 13.0 Å². The van der Waals surface area contributed by atoms with E-state index in [2.05, 4.69) is 72.6 Å². The average Bonchev–Trinajstić information content (AvgIpc) is 2.76. The fraction of sp³-hybridized carbons (Fsp3) is 0.231. The highest BCUT2D eigenvalue weighted by Gasteiger charge is 2.30. The number of phenols is 1. The molecule has 4 rings (SSSR count). The molecular weight excluding hydrogens is 358 g/mol. The number of nitrogens with zero attached hydrogens (tertiary/aromatic N) is 1. The predicted molar refractivity (Wildman–Crippen MR) is 118 cm³/mol. The van der Waals surface area contributed by atoms with Gasteiger partial charge in [-0.3, -0.25) is 0 Å². The van der Waals surface area contributed by atoms with Crippen LogP contribution in [0, 0.1) is 0 Å². The van der Waals surface area contributed by atoms with Crippen LogP contribution in [0.5, 0.6) is 11.5 Å². The topological polar surface area (TPSA) is 32.7 Å². The van der Waals surface area contributed by atoms with Gasteiger partial charge in [0.15, 0.2) is 11.5 Å². The molecule has 1 aliphatic heterocycles. The van der Waals surface area contributed by atoms with Gasteiger partial charge >= 0.3 is 0 Å². The molecule has 0 aliphatic carbocycles. The summed E-state index contributed by atoms with van der Waals surface area (Å²) in [6, 6.07) is 23.0. The van der Waals surface area contributed by atoms with Gasteiger partial charge < -0.3 is 14.7 Å². The standard InChI is InChI=1S/C26H27NO2/c1-27-17-22(20-13-7-4-8-14-20)25-21(15-9-12-19-10-5-3-6-11-19)16-24(29-2)26(28)23(25)18-27/h3-11,13-16,22,28H,12,17-18H2,1-2H3/b15-9+. The number of benzene rings is 3. The highest BCUT2D eigenvalue weighted by molar-refractivity contribution is 5.67. The average molecular weight is 386 g/mol. The van der Waals surface area contributed by atoms with E-state index in [-0.39, 0.29) is 11.7 Å². The molecule has 0 spiro atoms. The molecule has 3 heteroatoms. The third-order valence-electron chi connectivity index (χ3n) is 5.63. The van der Waals surface area contributed by atoms with Crippen LogP contribution in [0.2, 0.25) is 0 Å². The van der Waals surface area contributed by atoms with E-state index < -0.39 is 0 Å². The lowest BCUT2D eigenvalue weighted by atomic mass is 9.81. The fourth-order valence-corrected chi connectivity index (χ4v) is 4.23. The summed E-state index contributed by atoms with van der Waals surface area (Å²) in [6.07, 6.45) is 5.24. The Morgan fingerprint density at radius 3 is 2.45 bits per heavy atom. The van der Waals surface area contributed by atoms with E-state index in [9.17, 15) is 5.11 Å². The van der Waals surface area contributed by atoms with E-state index in [4.69, 9.17) is 4.74 Å². The van der Waals surface area contributed by atoms with Crippen LogP contribution in [0.1, 0.15) is 33.7 Å². The van der Waals surface area contributed by atoms with Crippen molar-refractivity contribution in [3.8, 4) is 11.5 Å². The summed E-state index contributed by atoms with van der Waals surface area (Å²) in [5, 5.41) is 10.9. The maximum Gasteiger partial charge on any atom is 0.162 e. The number of allylic oxidation sites excluding steroid dienone is 1. The minimum atomic E-state index is 0.207. The number of methoxy groups -OCH3 is 1.